The average molecular weight is 315 g/mol. The molecular formula is C14H21NO3S2. The molecule has 1 amide bonds. The molecule has 0 aliphatic rings. The van der Waals surface area contributed by atoms with E-state index in [0.717, 1.165) is 10.6 Å². The molecule has 1 atom stereocenters. The highest BCUT2D eigenvalue weighted by Crippen LogP contribution is 2.23. The number of hydrogen-bond donors (Lipinski definition) is 2. The number of carbonyl (C=O) groups is 2. The maximum Gasteiger partial charge on any atom is 0.303 e. The molecule has 112 valence electrons. The van der Waals surface area contributed by atoms with Gasteiger partial charge >= 0.3 is 5.97 Å². The zero-order valence-corrected chi connectivity index (χ0v) is 13.4. The van der Waals surface area contributed by atoms with E-state index in [9.17, 15) is 9.59 Å². The van der Waals surface area contributed by atoms with Crippen molar-refractivity contribution in [3.63, 3.8) is 0 Å². The Balaban J connectivity index is 2.30. The number of carboxylic acids is 1. The van der Waals surface area contributed by atoms with Crippen LogP contribution in [0.3, 0.4) is 0 Å². The van der Waals surface area contributed by atoms with Crippen LogP contribution in [0.2, 0.25) is 0 Å². The van der Waals surface area contributed by atoms with Gasteiger partial charge in [-0.15, -0.1) is 23.1 Å². The molecule has 1 aromatic heterocycles. The Bertz CT molecular complexity index is 418. The summed E-state index contributed by atoms with van der Waals surface area (Å²) in [6.45, 7) is 4.56. The van der Waals surface area contributed by atoms with E-state index in [1.165, 1.54) is 11.8 Å². The summed E-state index contributed by atoms with van der Waals surface area (Å²) >= 11 is 3.12. The third-order valence-corrected chi connectivity index (χ3v) is 4.83. The minimum Gasteiger partial charge on any atom is -0.481 e. The molecule has 0 radical (unpaired) electrons. The van der Waals surface area contributed by atoms with Crippen LogP contribution in [0.25, 0.3) is 0 Å². The van der Waals surface area contributed by atoms with Crippen molar-refractivity contribution < 1.29 is 14.7 Å². The number of thiophene rings is 1. The zero-order chi connectivity index (χ0) is 15.0. The Morgan fingerprint density at radius 2 is 2.20 bits per heavy atom. The monoisotopic (exact) mass is 315 g/mol. The summed E-state index contributed by atoms with van der Waals surface area (Å²) in [6.07, 6.45) is 0.918. The molecule has 6 heteroatoms. The van der Waals surface area contributed by atoms with Gasteiger partial charge in [-0.05, 0) is 29.7 Å². The van der Waals surface area contributed by atoms with Gasteiger partial charge < -0.3 is 10.4 Å². The molecule has 0 saturated carbocycles. The van der Waals surface area contributed by atoms with Crippen molar-refractivity contribution in [1.29, 1.82) is 0 Å². The number of nitrogens with one attached hydrogen (secondary N) is 1. The molecule has 0 aromatic carbocycles. The standard InChI is InChI=1S/C14H21NO3S2/c1-10(2)6-11(7-13(17)18)8-15-12(16)9-20-14-4-3-5-19-14/h3-5,10-11H,6-9H2,1-2H3,(H,15,16)(H,17,18). The summed E-state index contributed by atoms with van der Waals surface area (Å²) in [5.74, 6) is -0.0394. The van der Waals surface area contributed by atoms with E-state index in [0.29, 0.717) is 18.2 Å². The number of amides is 1. The Hall–Kier alpha value is -1.01. The lowest BCUT2D eigenvalue weighted by molar-refractivity contribution is -0.138. The first-order valence-corrected chi connectivity index (χ1v) is 8.48. The van der Waals surface area contributed by atoms with Crippen molar-refractivity contribution in [3.05, 3.63) is 17.5 Å². The quantitative estimate of drug-likeness (QED) is 0.687. The molecule has 0 aliphatic carbocycles. The molecule has 20 heavy (non-hydrogen) atoms. The largest absolute Gasteiger partial charge is 0.481 e. The van der Waals surface area contributed by atoms with Crippen molar-refractivity contribution in [2.75, 3.05) is 12.3 Å². The fraction of sp³-hybridized carbons (Fsp3) is 0.571. The fourth-order valence-electron chi connectivity index (χ4n) is 1.94. The lowest BCUT2D eigenvalue weighted by Gasteiger charge is -2.17. The van der Waals surface area contributed by atoms with Crippen LogP contribution in [0.4, 0.5) is 0 Å². The molecule has 2 N–H and O–H groups in total. The second kappa shape index (κ2) is 9.02. The Morgan fingerprint density at radius 3 is 2.75 bits per heavy atom. The summed E-state index contributed by atoms with van der Waals surface area (Å²) in [5.41, 5.74) is 0. The molecule has 1 aromatic rings. The van der Waals surface area contributed by atoms with Crippen molar-refractivity contribution in [1.82, 2.24) is 5.32 Å². The van der Waals surface area contributed by atoms with E-state index in [-0.39, 0.29) is 18.2 Å². The van der Waals surface area contributed by atoms with Gasteiger partial charge in [-0.2, -0.15) is 0 Å². The summed E-state index contributed by atoms with van der Waals surface area (Å²) in [4.78, 5) is 22.5. The van der Waals surface area contributed by atoms with Gasteiger partial charge in [-0.25, -0.2) is 0 Å². The molecule has 0 saturated heterocycles. The average Bonchev–Trinajstić information content (AvgIpc) is 2.85. The third-order valence-electron chi connectivity index (χ3n) is 2.70. The van der Waals surface area contributed by atoms with Gasteiger partial charge in [0.1, 0.15) is 0 Å². The SMILES string of the molecule is CC(C)CC(CNC(=O)CSc1cccs1)CC(=O)O. The Kier molecular flexibility index (Phi) is 7.69. The van der Waals surface area contributed by atoms with Crippen molar-refractivity contribution in [2.24, 2.45) is 11.8 Å². The predicted octanol–water partition coefficient (Wildman–Crippen LogP) is 3.09. The first kappa shape index (κ1) is 17.0. The molecule has 4 nitrogen and oxygen atoms in total. The number of hydrogen-bond acceptors (Lipinski definition) is 4. The second-order valence-corrected chi connectivity index (χ2v) is 7.34. The zero-order valence-electron chi connectivity index (χ0n) is 11.8. The molecule has 0 bridgehead atoms. The summed E-state index contributed by atoms with van der Waals surface area (Å²) < 4.78 is 1.12. The lowest BCUT2D eigenvalue weighted by atomic mass is 9.94. The molecule has 0 fully saturated rings. The first-order valence-electron chi connectivity index (χ1n) is 6.62. The van der Waals surface area contributed by atoms with E-state index < -0.39 is 5.97 Å². The smallest absolute Gasteiger partial charge is 0.303 e. The van der Waals surface area contributed by atoms with E-state index in [1.54, 1.807) is 11.3 Å². The maximum atomic E-state index is 11.7. The van der Waals surface area contributed by atoms with E-state index >= 15 is 0 Å². The minimum absolute atomic E-state index is 0.00295. The number of carboxylic acid groups (broad SMARTS) is 1. The van der Waals surface area contributed by atoms with Gasteiger partial charge in [0.05, 0.1) is 9.96 Å². The fourth-order valence-corrected chi connectivity index (χ4v) is 3.56. The number of aliphatic carboxylic acids is 1. The van der Waals surface area contributed by atoms with E-state index in [2.05, 4.69) is 19.2 Å². The molecule has 1 rings (SSSR count). The van der Waals surface area contributed by atoms with Crippen molar-refractivity contribution in [2.45, 2.75) is 30.9 Å². The van der Waals surface area contributed by atoms with E-state index in [4.69, 9.17) is 5.11 Å². The highest BCUT2D eigenvalue weighted by atomic mass is 32.2. The molecule has 1 unspecified atom stereocenters. The minimum atomic E-state index is -0.808. The van der Waals surface area contributed by atoms with Crippen molar-refractivity contribution in [3.8, 4) is 0 Å². The molecular weight excluding hydrogens is 294 g/mol. The number of carbonyl (C=O) groups excluding carboxylic acids is 1. The van der Waals surface area contributed by atoms with Crippen LogP contribution in [0.1, 0.15) is 26.7 Å². The summed E-state index contributed by atoms with van der Waals surface area (Å²) in [5, 5.41) is 13.7. The normalized spacial score (nSPS) is 12.3. The van der Waals surface area contributed by atoms with E-state index in [1.807, 2.05) is 17.5 Å². The lowest BCUT2D eigenvalue weighted by Crippen LogP contribution is -2.32. The van der Waals surface area contributed by atoms with Crippen LogP contribution in [0.15, 0.2) is 21.7 Å². The van der Waals surface area contributed by atoms with Gasteiger partial charge in [0.15, 0.2) is 0 Å². The van der Waals surface area contributed by atoms with Crippen LogP contribution < -0.4 is 5.32 Å². The first-order chi connectivity index (χ1) is 9.47. The van der Waals surface area contributed by atoms with Crippen LogP contribution >= 0.6 is 23.1 Å². The van der Waals surface area contributed by atoms with Gasteiger partial charge in [0.25, 0.3) is 0 Å². The summed E-state index contributed by atoms with van der Waals surface area (Å²) in [7, 11) is 0. The van der Waals surface area contributed by atoms with Gasteiger partial charge in [0, 0.05) is 13.0 Å². The van der Waals surface area contributed by atoms with Crippen LogP contribution in [0.5, 0.6) is 0 Å². The van der Waals surface area contributed by atoms with Crippen molar-refractivity contribution >= 4 is 35.0 Å². The molecule has 0 aliphatic heterocycles. The molecule has 0 spiro atoms. The number of rotatable bonds is 9. The van der Waals surface area contributed by atoms with Gasteiger partial charge in [-0.1, -0.05) is 19.9 Å². The molecule has 1 heterocycles. The Morgan fingerprint density at radius 1 is 1.45 bits per heavy atom. The van der Waals surface area contributed by atoms with Gasteiger partial charge in [-0.3, -0.25) is 9.59 Å². The highest BCUT2D eigenvalue weighted by molar-refractivity contribution is 8.01. The Labute approximate surface area is 128 Å². The second-order valence-electron chi connectivity index (χ2n) is 5.12. The third kappa shape index (κ3) is 7.55. The van der Waals surface area contributed by atoms with Gasteiger partial charge in [0.2, 0.25) is 5.91 Å². The predicted molar refractivity (Wildman–Crippen MR) is 83.3 cm³/mol. The van der Waals surface area contributed by atoms with Crippen LogP contribution in [-0.4, -0.2) is 29.3 Å². The van der Waals surface area contributed by atoms with Crippen LogP contribution in [-0.2, 0) is 9.59 Å². The maximum absolute atomic E-state index is 11.7. The topological polar surface area (TPSA) is 66.4 Å². The number of thioether (sulfide) groups is 1. The highest BCUT2D eigenvalue weighted by Gasteiger charge is 2.16. The summed E-state index contributed by atoms with van der Waals surface area (Å²) in [6, 6.07) is 3.94. The van der Waals surface area contributed by atoms with Crippen LogP contribution in [0, 0.1) is 11.8 Å².